The fourth-order valence-electron chi connectivity index (χ4n) is 5.61. The summed E-state index contributed by atoms with van der Waals surface area (Å²) in [6, 6.07) is 8.28. The number of anilines is 1. The number of aromatic nitrogens is 6. The minimum Gasteiger partial charge on any atom is -0.330 e. The van der Waals surface area contributed by atoms with Crippen LogP contribution in [0.2, 0.25) is 5.02 Å². The summed E-state index contributed by atoms with van der Waals surface area (Å²) in [4.78, 5) is 33.0. The number of hydrogen-bond acceptors (Lipinski definition) is 6. The summed E-state index contributed by atoms with van der Waals surface area (Å²) in [5.41, 5.74) is 3.64. The summed E-state index contributed by atoms with van der Waals surface area (Å²) < 4.78 is 30.0. The van der Waals surface area contributed by atoms with Crippen LogP contribution in [0.4, 0.5) is 14.5 Å². The molecular formula is C29H27ClF2N8O2. The molecule has 2 bridgehead atoms. The highest BCUT2D eigenvalue weighted by Gasteiger charge is 2.31. The monoisotopic (exact) mass is 592 g/mol. The van der Waals surface area contributed by atoms with Gasteiger partial charge < -0.3 is 10.2 Å². The van der Waals surface area contributed by atoms with Crippen LogP contribution in [0.25, 0.3) is 22.5 Å². The van der Waals surface area contributed by atoms with Crippen molar-refractivity contribution in [1.29, 1.82) is 0 Å². The van der Waals surface area contributed by atoms with Gasteiger partial charge in [-0.2, -0.15) is 13.9 Å². The van der Waals surface area contributed by atoms with Crippen LogP contribution in [0.3, 0.4) is 0 Å². The summed E-state index contributed by atoms with van der Waals surface area (Å²) in [5.74, 6) is -0.849. The standard InChI is InChI=1S/C29H27ClF2N8O2/c1-17-3-2-4-25(22-13-19(7-9-33-22)27-23(36-28(17)42)16-35-40(27)29(31)32)38-11-8-18(14-26(38)41)21-15-20(30)5-6-24(21)39-12-10-34-37-39/h5-7,9-10,12-17,25,29H,2-4,8,11H2,1H3,(H,36,42). The average Bonchev–Trinajstić information content (AvgIpc) is 3.66. The van der Waals surface area contributed by atoms with E-state index in [0.717, 1.165) is 16.8 Å². The molecule has 2 aliphatic heterocycles. The van der Waals surface area contributed by atoms with E-state index in [4.69, 9.17) is 11.6 Å². The Labute approximate surface area is 245 Å². The molecule has 3 aromatic heterocycles. The van der Waals surface area contributed by atoms with Crippen molar-refractivity contribution in [3.8, 4) is 16.9 Å². The third-order valence-electron chi connectivity index (χ3n) is 7.75. The van der Waals surface area contributed by atoms with E-state index in [1.165, 1.54) is 12.4 Å². The third kappa shape index (κ3) is 5.29. The van der Waals surface area contributed by atoms with Gasteiger partial charge in [-0.15, -0.1) is 5.10 Å². The Morgan fingerprint density at radius 2 is 1.98 bits per heavy atom. The number of nitrogens with zero attached hydrogens (tertiary/aromatic N) is 7. The van der Waals surface area contributed by atoms with Gasteiger partial charge in [0.1, 0.15) is 0 Å². The molecule has 1 N–H and O–H groups in total. The minimum atomic E-state index is -2.91. The normalized spacial score (nSPS) is 19.5. The van der Waals surface area contributed by atoms with Crippen LogP contribution >= 0.6 is 11.6 Å². The second-order valence-corrected chi connectivity index (χ2v) is 10.8. The summed E-state index contributed by atoms with van der Waals surface area (Å²) >= 11 is 6.33. The smallest absolute Gasteiger partial charge is 0.330 e. The highest BCUT2D eigenvalue weighted by molar-refractivity contribution is 6.30. The molecule has 2 atom stereocenters. The average molecular weight is 593 g/mol. The highest BCUT2D eigenvalue weighted by atomic mass is 35.5. The first kappa shape index (κ1) is 27.7. The van der Waals surface area contributed by atoms with Crippen molar-refractivity contribution in [3.05, 3.63) is 77.5 Å². The zero-order chi connectivity index (χ0) is 29.4. The largest absolute Gasteiger partial charge is 0.333 e. The number of benzene rings is 1. The molecule has 5 heterocycles. The second-order valence-electron chi connectivity index (χ2n) is 10.4. The van der Waals surface area contributed by atoms with Crippen molar-refractivity contribution in [2.24, 2.45) is 5.92 Å². The maximum atomic E-state index is 13.9. The number of halogens is 3. The van der Waals surface area contributed by atoms with E-state index in [0.29, 0.717) is 53.2 Å². The molecule has 216 valence electrons. The van der Waals surface area contributed by atoms with Crippen molar-refractivity contribution in [3.63, 3.8) is 0 Å². The van der Waals surface area contributed by atoms with Crippen molar-refractivity contribution in [1.82, 2.24) is 34.7 Å². The van der Waals surface area contributed by atoms with Gasteiger partial charge in [-0.1, -0.05) is 30.2 Å². The van der Waals surface area contributed by atoms with Gasteiger partial charge in [0.05, 0.1) is 47.4 Å². The quantitative estimate of drug-likeness (QED) is 0.326. The Morgan fingerprint density at radius 3 is 2.74 bits per heavy atom. The number of hydrogen-bond donors (Lipinski definition) is 1. The lowest BCUT2D eigenvalue weighted by atomic mass is 9.93. The zero-order valence-corrected chi connectivity index (χ0v) is 23.4. The van der Waals surface area contributed by atoms with Gasteiger partial charge >= 0.3 is 6.55 Å². The van der Waals surface area contributed by atoms with Crippen LogP contribution in [0.5, 0.6) is 0 Å². The van der Waals surface area contributed by atoms with E-state index in [-0.39, 0.29) is 29.1 Å². The van der Waals surface area contributed by atoms with E-state index in [9.17, 15) is 18.4 Å². The Hall–Kier alpha value is -4.45. The molecular weight excluding hydrogens is 566 g/mol. The molecule has 42 heavy (non-hydrogen) atoms. The van der Waals surface area contributed by atoms with Gasteiger partial charge in [0.15, 0.2) is 0 Å². The Kier molecular flexibility index (Phi) is 7.55. The van der Waals surface area contributed by atoms with E-state index >= 15 is 0 Å². The molecule has 2 unspecified atom stereocenters. The molecule has 6 rings (SSSR count). The van der Waals surface area contributed by atoms with Gasteiger partial charge in [0, 0.05) is 40.9 Å². The van der Waals surface area contributed by atoms with Crippen molar-refractivity contribution in [2.45, 2.75) is 45.2 Å². The minimum absolute atomic E-state index is 0.0854. The van der Waals surface area contributed by atoms with Gasteiger partial charge in [-0.3, -0.25) is 14.6 Å². The van der Waals surface area contributed by atoms with Crippen LogP contribution < -0.4 is 5.32 Å². The Morgan fingerprint density at radius 1 is 1.12 bits per heavy atom. The highest BCUT2D eigenvalue weighted by Crippen LogP contribution is 2.38. The molecule has 2 amide bonds. The van der Waals surface area contributed by atoms with Crippen molar-refractivity contribution < 1.29 is 18.4 Å². The first-order valence-corrected chi connectivity index (χ1v) is 14.0. The first-order chi connectivity index (χ1) is 20.3. The summed E-state index contributed by atoms with van der Waals surface area (Å²) in [5, 5.41) is 15.1. The lowest BCUT2D eigenvalue weighted by Gasteiger charge is -2.34. The number of alkyl halides is 2. The molecule has 0 fully saturated rings. The van der Waals surface area contributed by atoms with Crippen molar-refractivity contribution >= 4 is 34.7 Å². The molecule has 0 radical (unpaired) electrons. The van der Waals surface area contributed by atoms with Gasteiger partial charge in [0.2, 0.25) is 11.8 Å². The molecule has 1 aromatic carbocycles. The van der Waals surface area contributed by atoms with Gasteiger partial charge in [-0.05, 0) is 55.2 Å². The maximum Gasteiger partial charge on any atom is 0.333 e. The van der Waals surface area contributed by atoms with E-state index in [1.54, 1.807) is 53.2 Å². The fraction of sp³-hybridized carbons (Fsp3) is 0.310. The van der Waals surface area contributed by atoms with Crippen LogP contribution in [0, 0.1) is 5.92 Å². The number of rotatable bonds is 4. The number of carbonyl (C=O) groups excluding carboxylic acids is 2. The predicted molar refractivity (Wildman–Crippen MR) is 152 cm³/mol. The Balaban J connectivity index is 1.38. The molecule has 10 nitrogen and oxygen atoms in total. The number of carbonyl (C=O) groups is 2. The summed E-state index contributed by atoms with van der Waals surface area (Å²) in [6.07, 6.45) is 9.97. The van der Waals surface area contributed by atoms with Gasteiger partial charge in [0.25, 0.3) is 0 Å². The SMILES string of the molecule is CC1CCCC(N2CCC(c3cc(Cl)ccc3-n3ccnn3)=CC2=O)c2cc(ccn2)-c2c(cnn2C(F)F)NC1=O. The van der Waals surface area contributed by atoms with Crippen LogP contribution in [0.15, 0.2) is 61.2 Å². The number of fused-ring (bicyclic) bond motifs is 4. The Bertz CT molecular complexity index is 1670. The lowest BCUT2D eigenvalue weighted by molar-refractivity contribution is -0.129. The number of amides is 2. The lowest BCUT2D eigenvalue weighted by Crippen LogP contribution is -2.38. The second kappa shape index (κ2) is 11.4. The number of pyridine rings is 1. The summed E-state index contributed by atoms with van der Waals surface area (Å²) in [6.45, 7) is -0.714. The topological polar surface area (TPSA) is 111 Å². The van der Waals surface area contributed by atoms with Crippen molar-refractivity contribution in [2.75, 3.05) is 11.9 Å². The number of nitrogens with one attached hydrogen (secondary N) is 1. The molecule has 13 heteroatoms. The molecule has 0 aliphatic carbocycles. The molecule has 2 aliphatic rings. The van der Waals surface area contributed by atoms with Crippen LogP contribution in [0.1, 0.15) is 56.5 Å². The summed E-state index contributed by atoms with van der Waals surface area (Å²) in [7, 11) is 0. The molecule has 0 saturated heterocycles. The molecule has 4 aromatic rings. The molecule has 0 spiro atoms. The van der Waals surface area contributed by atoms with E-state index < -0.39 is 12.6 Å². The van der Waals surface area contributed by atoms with Gasteiger partial charge in [-0.25, -0.2) is 9.36 Å². The first-order valence-electron chi connectivity index (χ1n) is 13.6. The molecule has 0 saturated carbocycles. The fourth-order valence-corrected chi connectivity index (χ4v) is 5.79. The van der Waals surface area contributed by atoms with E-state index in [1.807, 2.05) is 12.1 Å². The zero-order valence-electron chi connectivity index (χ0n) is 22.6. The third-order valence-corrected chi connectivity index (χ3v) is 7.98. The van der Waals surface area contributed by atoms with Crippen LogP contribution in [-0.2, 0) is 9.59 Å². The maximum absolute atomic E-state index is 13.9. The van der Waals surface area contributed by atoms with E-state index in [2.05, 4.69) is 25.7 Å². The predicted octanol–water partition coefficient (Wildman–Crippen LogP) is 5.69. The van der Waals surface area contributed by atoms with Crippen LogP contribution in [-0.4, -0.2) is 53.0 Å².